The Hall–Kier alpha value is -3.93. The van der Waals surface area contributed by atoms with Gasteiger partial charge in [0.05, 0.1) is 0 Å². The highest BCUT2D eigenvalue weighted by atomic mass is 16.5. The zero-order valence-corrected chi connectivity index (χ0v) is 20.1. The van der Waals surface area contributed by atoms with E-state index in [9.17, 15) is 4.79 Å². The summed E-state index contributed by atoms with van der Waals surface area (Å²) in [6, 6.07) is 15.5. The summed E-state index contributed by atoms with van der Waals surface area (Å²) in [6.45, 7) is 9.33. The number of aryl methyl sites for hydroxylation is 2. The number of amides is 1. The molecule has 0 aliphatic heterocycles. The van der Waals surface area contributed by atoms with Crippen LogP contribution in [0.2, 0.25) is 0 Å². The fourth-order valence-corrected chi connectivity index (χ4v) is 4.05. The lowest BCUT2D eigenvalue weighted by molar-refractivity contribution is 0.102. The Morgan fingerprint density at radius 2 is 1.79 bits per heavy atom. The first-order valence-electron chi connectivity index (χ1n) is 11.4. The van der Waals surface area contributed by atoms with Crippen LogP contribution in [0, 0.1) is 13.8 Å². The largest absolute Gasteiger partial charge is 0.488 e. The first kappa shape index (κ1) is 23.2. The number of benzene rings is 2. The maximum absolute atomic E-state index is 13.0. The van der Waals surface area contributed by atoms with Gasteiger partial charge in [-0.1, -0.05) is 32.0 Å². The van der Waals surface area contributed by atoms with E-state index in [1.165, 1.54) is 0 Å². The van der Waals surface area contributed by atoms with Gasteiger partial charge in [0.25, 0.3) is 5.91 Å². The number of imidazole rings is 1. The molecule has 0 saturated carbocycles. The van der Waals surface area contributed by atoms with Gasteiger partial charge in [-0.3, -0.25) is 9.78 Å². The van der Waals surface area contributed by atoms with Crippen LogP contribution in [0.4, 0.5) is 5.69 Å². The van der Waals surface area contributed by atoms with Crippen molar-refractivity contribution < 1.29 is 9.53 Å². The average Bonchev–Trinajstić information content (AvgIpc) is 3.28. The van der Waals surface area contributed by atoms with Crippen LogP contribution < -0.4 is 10.1 Å². The number of pyridine rings is 1. The highest BCUT2D eigenvalue weighted by Gasteiger charge is 2.13. The van der Waals surface area contributed by atoms with E-state index >= 15 is 0 Å². The molecule has 0 unspecified atom stereocenters. The van der Waals surface area contributed by atoms with Crippen molar-refractivity contribution in [3.63, 3.8) is 0 Å². The first-order chi connectivity index (χ1) is 16.4. The molecule has 0 radical (unpaired) electrons. The monoisotopic (exact) mass is 454 g/mol. The molecule has 0 atom stereocenters. The third kappa shape index (κ3) is 5.52. The van der Waals surface area contributed by atoms with Crippen LogP contribution in [0.3, 0.4) is 0 Å². The van der Waals surface area contributed by atoms with Gasteiger partial charge in [-0.2, -0.15) is 0 Å². The van der Waals surface area contributed by atoms with Crippen LogP contribution in [0.5, 0.6) is 5.75 Å². The summed E-state index contributed by atoms with van der Waals surface area (Å²) < 4.78 is 8.16. The van der Waals surface area contributed by atoms with Crippen molar-refractivity contribution >= 4 is 11.6 Å². The molecule has 4 aromatic rings. The standard InChI is InChI=1S/C28H30N4O2/c1-19(2)27-30-11-12-32(27)17-22-7-5-9-25(15-22)31-28(33)24-13-20(3)26(21(4)14-24)34-18-23-8-6-10-29-16-23/h5-16,19H,17-18H2,1-4H3,(H,31,33). The third-order valence-corrected chi connectivity index (χ3v) is 5.63. The Balaban J connectivity index is 1.45. The second kappa shape index (κ2) is 10.3. The maximum Gasteiger partial charge on any atom is 0.255 e. The Morgan fingerprint density at radius 3 is 2.50 bits per heavy atom. The predicted molar refractivity (Wildman–Crippen MR) is 134 cm³/mol. The van der Waals surface area contributed by atoms with Gasteiger partial charge in [-0.15, -0.1) is 0 Å². The molecule has 2 heterocycles. The van der Waals surface area contributed by atoms with Gasteiger partial charge in [-0.05, 0) is 60.9 Å². The van der Waals surface area contributed by atoms with E-state index < -0.39 is 0 Å². The molecule has 2 aromatic heterocycles. The molecule has 6 nitrogen and oxygen atoms in total. The number of carbonyl (C=O) groups is 1. The molecule has 0 fully saturated rings. The lowest BCUT2D eigenvalue weighted by Gasteiger charge is -2.15. The van der Waals surface area contributed by atoms with E-state index in [4.69, 9.17) is 4.74 Å². The molecule has 0 aliphatic carbocycles. The molecule has 0 aliphatic rings. The summed E-state index contributed by atoms with van der Waals surface area (Å²) in [5, 5.41) is 3.03. The summed E-state index contributed by atoms with van der Waals surface area (Å²) in [4.78, 5) is 21.6. The molecule has 1 N–H and O–H groups in total. The molecule has 0 spiro atoms. The Morgan fingerprint density at radius 1 is 1.03 bits per heavy atom. The number of ether oxygens (including phenoxy) is 1. The highest BCUT2D eigenvalue weighted by molar-refractivity contribution is 6.04. The lowest BCUT2D eigenvalue weighted by Crippen LogP contribution is -2.13. The van der Waals surface area contributed by atoms with E-state index in [1.54, 1.807) is 12.4 Å². The van der Waals surface area contributed by atoms with E-state index in [1.807, 2.05) is 68.7 Å². The van der Waals surface area contributed by atoms with Crippen molar-refractivity contribution in [2.75, 3.05) is 5.32 Å². The van der Waals surface area contributed by atoms with Gasteiger partial charge >= 0.3 is 0 Å². The summed E-state index contributed by atoms with van der Waals surface area (Å²) in [5.41, 5.74) is 5.31. The van der Waals surface area contributed by atoms with Gasteiger partial charge in [0, 0.05) is 54.1 Å². The molecule has 0 bridgehead atoms. The summed E-state index contributed by atoms with van der Waals surface area (Å²) >= 11 is 0. The van der Waals surface area contributed by atoms with Crippen LogP contribution in [0.1, 0.15) is 58.2 Å². The maximum atomic E-state index is 13.0. The molecular formula is C28H30N4O2. The number of nitrogens with one attached hydrogen (secondary N) is 1. The predicted octanol–water partition coefficient (Wildman–Crippen LogP) is 5.90. The number of nitrogens with zero attached hydrogens (tertiary/aromatic N) is 3. The fraction of sp³-hybridized carbons (Fsp3) is 0.250. The minimum atomic E-state index is -0.146. The zero-order chi connectivity index (χ0) is 24.1. The van der Waals surface area contributed by atoms with E-state index in [-0.39, 0.29) is 5.91 Å². The van der Waals surface area contributed by atoms with E-state index in [0.717, 1.165) is 39.5 Å². The van der Waals surface area contributed by atoms with Crippen LogP contribution in [-0.2, 0) is 13.2 Å². The minimum Gasteiger partial charge on any atom is -0.488 e. The molecule has 4 rings (SSSR count). The molecule has 1 amide bonds. The molecule has 34 heavy (non-hydrogen) atoms. The van der Waals surface area contributed by atoms with Crippen molar-refractivity contribution in [1.29, 1.82) is 0 Å². The summed E-state index contributed by atoms with van der Waals surface area (Å²) in [6.07, 6.45) is 7.35. The van der Waals surface area contributed by atoms with Gasteiger partial charge in [0.2, 0.25) is 0 Å². The van der Waals surface area contributed by atoms with Gasteiger partial charge in [0.15, 0.2) is 0 Å². The number of hydrogen-bond acceptors (Lipinski definition) is 4. The zero-order valence-electron chi connectivity index (χ0n) is 20.1. The lowest BCUT2D eigenvalue weighted by atomic mass is 10.0. The van der Waals surface area contributed by atoms with Crippen molar-refractivity contribution in [1.82, 2.24) is 14.5 Å². The molecular weight excluding hydrogens is 424 g/mol. The third-order valence-electron chi connectivity index (χ3n) is 5.63. The summed E-state index contributed by atoms with van der Waals surface area (Å²) in [5.74, 6) is 2.04. The second-order valence-corrected chi connectivity index (χ2v) is 8.81. The minimum absolute atomic E-state index is 0.146. The second-order valence-electron chi connectivity index (χ2n) is 8.81. The van der Waals surface area contributed by atoms with Crippen molar-refractivity contribution in [2.24, 2.45) is 0 Å². The van der Waals surface area contributed by atoms with Gasteiger partial charge in [-0.25, -0.2) is 4.98 Å². The van der Waals surface area contributed by atoms with Crippen LogP contribution >= 0.6 is 0 Å². The SMILES string of the molecule is Cc1cc(C(=O)Nc2cccc(Cn3ccnc3C(C)C)c2)cc(C)c1OCc1cccnc1. The fourth-order valence-electron chi connectivity index (χ4n) is 4.05. The first-order valence-corrected chi connectivity index (χ1v) is 11.4. The topological polar surface area (TPSA) is 69.0 Å². The number of carbonyl (C=O) groups excluding carboxylic acids is 1. The number of aromatic nitrogens is 3. The van der Waals surface area contributed by atoms with Crippen LogP contribution in [0.15, 0.2) is 73.3 Å². The van der Waals surface area contributed by atoms with Crippen molar-refractivity contribution in [3.8, 4) is 5.75 Å². The number of rotatable bonds is 8. The Bertz CT molecular complexity index is 1260. The quantitative estimate of drug-likeness (QED) is 0.360. The Kier molecular flexibility index (Phi) is 7.07. The van der Waals surface area contributed by atoms with Crippen LogP contribution in [0.25, 0.3) is 0 Å². The molecule has 6 heteroatoms. The smallest absolute Gasteiger partial charge is 0.255 e. The highest BCUT2D eigenvalue weighted by Crippen LogP contribution is 2.26. The van der Waals surface area contributed by atoms with Crippen molar-refractivity contribution in [3.05, 3.63) is 107 Å². The van der Waals surface area contributed by atoms with E-state index in [0.29, 0.717) is 24.6 Å². The normalized spacial score (nSPS) is 11.0. The Labute approximate surface area is 200 Å². The van der Waals surface area contributed by atoms with Crippen molar-refractivity contribution in [2.45, 2.75) is 46.8 Å². The van der Waals surface area contributed by atoms with E-state index in [2.05, 4.69) is 39.8 Å². The molecule has 0 saturated heterocycles. The van der Waals surface area contributed by atoms with Crippen LogP contribution in [-0.4, -0.2) is 20.4 Å². The molecule has 2 aromatic carbocycles. The number of hydrogen-bond donors (Lipinski definition) is 1. The van der Waals surface area contributed by atoms with Gasteiger partial charge < -0.3 is 14.6 Å². The summed E-state index contributed by atoms with van der Waals surface area (Å²) in [7, 11) is 0. The van der Waals surface area contributed by atoms with Gasteiger partial charge in [0.1, 0.15) is 18.2 Å². The average molecular weight is 455 g/mol. The number of anilines is 1. The molecule has 174 valence electrons.